The van der Waals surface area contributed by atoms with Crippen molar-refractivity contribution in [2.75, 3.05) is 13.2 Å². The number of benzene rings is 2. The Morgan fingerprint density at radius 1 is 1.03 bits per heavy atom. The van der Waals surface area contributed by atoms with Gasteiger partial charge in [-0.1, -0.05) is 48.5 Å². The van der Waals surface area contributed by atoms with Gasteiger partial charge in [-0.3, -0.25) is 9.59 Å². The van der Waals surface area contributed by atoms with Crippen LogP contribution in [0.15, 0.2) is 60.7 Å². The zero-order valence-corrected chi connectivity index (χ0v) is 18.0. The summed E-state index contributed by atoms with van der Waals surface area (Å²) in [5, 5.41) is 16.5. The van der Waals surface area contributed by atoms with Crippen molar-refractivity contribution >= 4 is 11.8 Å². The molecule has 1 aliphatic carbocycles. The van der Waals surface area contributed by atoms with Gasteiger partial charge in [-0.25, -0.2) is 0 Å². The summed E-state index contributed by atoms with van der Waals surface area (Å²) in [5.41, 5.74) is 0.859. The molecule has 1 aliphatic rings. The third-order valence-corrected chi connectivity index (χ3v) is 6.06. The normalized spacial score (nSPS) is 23.4. The predicted octanol–water partition coefficient (Wildman–Crippen LogP) is 2.95. The lowest BCUT2D eigenvalue weighted by Gasteiger charge is -2.34. The first-order valence-electron chi connectivity index (χ1n) is 10.9. The summed E-state index contributed by atoms with van der Waals surface area (Å²) in [7, 11) is 0. The van der Waals surface area contributed by atoms with Crippen molar-refractivity contribution in [2.24, 2.45) is 0 Å². The number of carbonyl (C=O) groups excluding carboxylic acids is 2. The molecule has 0 heterocycles. The van der Waals surface area contributed by atoms with Gasteiger partial charge < -0.3 is 20.5 Å². The molecule has 3 rings (SSSR count). The maximum Gasteiger partial charge on any atom is 0.223 e. The van der Waals surface area contributed by atoms with E-state index in [1.165, 1.54) is 6.92 Å². The quantitative estimate of drug-likeness (QED) is 0.569. The predicted molar refractivity (Wildman–Crippen MR) is 120 cm³/mol. The number of hydrogen-bond donors (Lipinski definition) is 3. The average Bonchev–Trinajstić information content (AvgIpc) is 2.93. The van der Waals surface area contributed by atoms with Gasteiger partial charge in [-0.05, 0) is 43.4 Å². The van der Waals surface area contributed by atoms with E-state index in [1.54, 1.807) is 0 Å². The van der Waals surface area contributed by atoms with Gasteiger partial charge in [0.05, 0.1) is 25.2 Å². The van der Waals surface area contributed by atoms with E-state index < -0.39 is 6.10 Å². The summed E-state index contributed by atoms with van der Waals surface area (Å²) in [4.78, 5) is 24.0. The molecule has 2 amide bonds. The van der Waals surface area contributed by atoms with Crippen LogP contribution in [0, 0.1) is 0 Å². The minimum absolute atomic E-state index is 0.0607. The third-order valence-electron chi connectivity index (χ3n) is 6.06. The van der Waals surface area contributed by atoms with Crippen LogP contribution < -0.4 is 15.4 Å². The first-order chi connectivity index (χ1) is 15.0. The molecule has 31 heavy (non-hydrogen) atoms. The Morgan fingerprint density at radius 3 is 2.35 bits per heavy atom. The van der Waals surface area contributed by atoms with Crippen molar-refractivity contribution < 1.29 is 19.4 Å². The van der Waals surface area contributed by atoms with E-state index in [4.69, 9.17) is 4.74 Å². The minimum Gasteiger partial charge on any atom is -0.493 e. The van der Waals surface area contributed by atoms with Gasteiger partial charge in [-0.2, -0.15) is 0 Å². The average molecular weight is 425 g/mol. The fourth-order valence-corrected chi connectivity index (χ4v) is 4.30. The van der Waals surface area contributed by atoms with Crippen molar-refractivity contribution in [1.29, 1.82) is 0 Å². The number of aliphatic hydroxyl groups excluding tert-OH is 1. The molecular weight excluding hydrogens is 392 g/mol. The van der Waals surface area contributed by atoms with Gasteiger partial charge in [0.15, 0.2) is 0 Å². The lowest BCUT2D eigenvalue weighted by molar-refractivity contribution is -0.122. The lowest BCUT2D eigenvalue weighted by atomic mass is 9.74. The second kappa shape index (κ2) is 11.0. The topological polar surface area (TPSA) is 87.7 Å². The van der Waals surface area contributed by atoms with E-state index in [-0.39, 0.29) is 29.7 Å². The van der Waals surface area contributed by atoms with Crippen LogP contribution in [0.5, 0.6) is 5.75 Å². The monoisotopic (exact) mass is 424 g/mol. The summed E-state index contributed by atoms with van der Waals surface area (Å²) in [6.45, 7) is 2.28. The Labute approximate surface area is 184 Å². The molecule has 1 fully saturated rings. The Bertz CT molecular complexity index is 843. The molecule has 3 N–H and O–H groups in total. The summed E-state index contributed by atoms with van der Waals surface area (Å²) < 4.78 is 5.63. The summed E-state index contributed by atoms with van der Waals surface area (Å²) in [6.07, 6.45) is 2.39. The molecule has 0 saturated heterocycles. The third kappa shape index (κ3) is 6.56. The number of amides is 2. The number of hydrogen-bond acceptors (Lipinski definition) is 4. The Morgan fingerprint density at radius 2 is 1.68 bits per heavy atom. The Balaban J connectivity index is 1.63. The highest BCUT2D eigenvalue weighted by atomic mass is 16.5. The number of nitrogens with one attached hydrogen (secondary N) is 2. The molecule has 2 aromatic carbocycles. The molecule has 3 atom stereocenters. The van der Waals surface area contributed by atoms with E-state index in [9.17, 15) is 14.7 Å². The maximum absolute atomic E-state index is 12.5. The summed E-state index contributed by atoms with van der Waals surface area (Å²) >= 11 is 0. The van der Waals surface area contributed by atoms with E-state index in [2.05, 4.69) is 22.8 Å². The molecule has 6 nitrogen and oxygen atoms in total. The molecule has 166 valence electrons. The van der Waals surface area contributed by atoms with Crippen molar-refractivity contribution in [3.63, 3.8) is 0 Å². The Kier molecular flexibility index (Phi) is 8.06. The molecule has 0 bridgehead atoms. The number of rotatable bonds is 8. The van der Waals surface area contributed by atoms with Crippen LogP contribution in [-0.2, 0) is 15.0 Å². The zero-order valence-electron chi connectivity index (χ0n) is 18.0. The summed E-state index contributed by atoms with van der Waals surface area (Å²) in [5.74, 6) is 0.551. The van der Waals surface area contributed by atoms with E-state index >= 15 is 0 Å². The van der Waals surface area contributed by atoms with Crippen molar-refractivity contribution in [2.45, 2.75) is 56.6 Å². The number of carbonyl (C=O) groups is 2. The molecule has 6 heteroatoms. The van der Waals surface area contributed by atoms with Gasteiger partial charge in [0.2, 0.25) is 11.8 Å². The molecule has 0 unspecified atom stereocenters. The second-order valence-corrected chi connectivity index (χ2v) is 8.29. The molecule has 1 saturated carbocycles. The zero-order chi connectivity index (χ0) is 22.1. The largest absolute Gasteiger partial charge is 0.493 e. The van der Waals surface area contributed by atoms with Crippen molar-refractivity contribution in [1.82, 2.24) is 10.6 Å². The first-order valence-corrected chi connectivity index (χ1v) is 10.9. The van der Waals surface area contributed by atoms with Crippen LogP contribution in [0.2, 0.25) is 0 Å². The minimum atomic E-state index is -0.593. The maximum atomic E-state index is 12.5. The van der Waals surface area contributed by atoms with Gasteiger partial charge >= 0.3 is 0 Å². The van der Waals surface area contributed by atoms with Crippen LogP contribution >= 0.6 is 0 Å². The highest BCUT2D eigenvalue weighted by molar-refractivity contribution is 5.76. The fourth-order valence-electron chi connectivity index (χ4n) is 4.30. The molecular formula is C25H32N2O4. The van der Waals surface area contributed by atoms with Crippen LogP contribution in [0.4, 0.5) is 0 Å². The van der Waals surface area contributed by atoms with Gasteiger partial charge in [-0.15, -0.1) is 0 Å². The van der Waals surface area contributed by atoms with Crippen LogP contribution in [-0.4, -0.2) is 42.2 Å². The molecule has 2 aromatic rings. The van der Waals surface area contributed by atoms with Gasteiger partial charge in [0.1, 0.15) is 5.75 Å². The number of para-hydroxylation sites is 1. The highest BCUT2D eigenvalue weighted by Gasteiger charge is 2.38. The van der Waals surface area contributed by atoms with Crippen molar-refractivity contribution in [3.8, 4) is 5.75 Å². The molecule has 0 aliphatic heterocycles. The van der Waals surface area contributed by atoms with E-state index in [1.807, 2.05) is 48.5 Å². The van der Waals surface area contributed by atoms with Gasteiger partial charge in [0, 0.05) is 18.9 Å². The first kappa shape index (κ1) is 22.8. The van der Waals surface area contributed by atoms with Crippen LogP contribution in [0.1, 0.15) is 44.6 Å². The lowest BCUT2D eigenvalue weighted by Crippen LogP contribution is -2.42. The molecule has 0 radical (unpaired) electrons. The molecule has 0 spiro atoms. The highest BCUT2D eigenvalue weighted by Crippen LogP contribution is 2.38. The van der Waals surface area contributed by atoms with Crippen LogP contribution in [0.3, 0.4) is 0 Å². The second-order valence-electron chi connectivity index (χ2n) is 8.29. The van der Waals surface area contributed by atoms with E-state index in [0.717, 1.165) is 24.2 Å². The van der Waals surface area contributed by atoms with Gasteiger partial charge in [0.25, 0.3) is 0 Å². The SMILES string of the molecule is CC(=O)N[C@H]1CC[C@](CNC(=O)CCOc2ccccc2)(c2ccccc2)CC[C@@H]1O. The fraction of sp³-hybridized carbons (Fsp3) is 0.440. The Hall–Kier alpha value is -2.86. The van der Waals surface area contributed by atoms with Crippen molar-refractivity contribution in [3.05, 3.63) is 66.2 Å². The number of aliphatic hydroxyl groups is 1. The molecule has 0 aromatic heterocycles. The smallest absolute Gasteiger partial charge is 0.223 e. The standard InChI is InChI=1S/C25H32N2O4/c1-19(28)27-22-12-15-25(16-13-23(22)29,20-8-4-2-5-9-20)18-26-24(30)14-17-31-21-10-6-3-7-11-21/h2-11,22-23,29H,12-18H2,1H3,(H,26,30)(H,27,28)/t22-,23-,25-/m0/s1. The van der Waals surface area contributed by atoms with Crippen LogP contribution in [0.25, 0.3) is 0 Å². The van der Waals surface area contributed by atoms with E-state index in [0.29, 0.717) is 26.0 Å². The summed E-state index contributed by atoms with van der Waals surface area (Å²) in [6, 6.07) is 19.3. The number of ether oxygens (including phenoxy) is 1.